The molecule has 2 N–H and O–H groups in total. The molecule has 0 saturated heterocycles. The van der Waals surface area contributed by atoms with E-state index in [0.717, 1.165) is 5.71 Å². The van der Waals surface area contributed by atoms with E-state index in [1.54, 1.807) is 38.1 Å². The molecule has 5 nitrogen and oxygen atoms in total. The minimum atomic E-state index is -0.376. The minimum absolute atomic E-state index is 0.127. The minimum Gasteiger partial charge on any atom is -0.343 e. The zero-order valence-corrected chi connectivity index (χ0v) is 10.9. The van der Waals surface area contributed by atoms with Crippen molar-refractivity contribution in [2.45, 2.75) is 13.8 Å². The van der Waals surface area contributed by atoms with Crippen LogP contribution in [0.3, 0.4) is 0 Å². The summed E-state index contributed by atoms with van der Waals surface area (Å²) in [5.74, 6) is -0.711. The summed E-state index contributed by atoms with van der Waals surface area (Å²) < 4.78 is 0. The molecule has 96 valence electrons. The van der Waals surface area contributed by atoms with Crippen LogP contribution in [0.4, 0.5) is 0 Å². The Morgan fingerprint density at radius 1 is 1.22 bits per heavy atom. The Hall–Kier alpha value is -1.88. The average molecular weight is 268 g/mol. The molecule has 0 aromatic heterocycles. The van der Waals surface area contributed by atoms with E-state index in [1.807, 2.05) is 0 Å². The van der Waals surface area contributed by atoms with Gasteiger partial charge in [-0.1, -0.05) is 11.6 Å². The number of hydrogen-bond donors (Lipinski definition) is 2. The molecule has 1 aromatic rings. The van der Waals surface area contributed by atoms with Crippen LogP contribution < -0.4 is 10.7 Å². The summed E-state index contributed by atoms with van der Waals surface area (Å²) in [5.41, 5.74) is 3.49. The fraction of sp³-hybridized carbons (Fsp3) is 0.250. The average Bonchev–Trinajstić information content (AvgIpc) is 2.34. The molecule has 0 heterocycles. The highest BCUT2D eigenvalue weighted by Crippen LogP contribution is 2.08. The number of halogens is 1. The fourth-order valence-corrected chi connectivity index (χ4v) is 1.20. The lowest BCUT2D eigenvalue weighted by molar-refractivity contribution is -0.120. The number of nitrogens with one attached hydrogen (secondary N) is 2. The van der Waals surface area contributed by atoms with Gasteiger partial charge in [0.2, 0.25) is 0 Å². The van der Waals surface area contributed by atoms with Gasteiger partial charge < -0.3 is 5.32 Å². The van der Waals surface area contributed by atoms with Gasteiger partial charge in [0.1, 0.15) is 0 Å². The molecule has 0 bridgehead atoms. The topological polar surface area (TPSA) is 70.6 Å². The predicted molar refractivity (Wildman–Crippen MR) is 70.7 cm³/mol. The molecule has 1 aromatic carbocycles. The first-order chi connectivity index (χ1) is 8.49. The summed E-state index contributed by atoms with van der Waals surface area (Å²) in [6.45, 7) is 3.39. The van der Waals surface area contributed by atoms with E-state index in [2.05, 4.69) is 15.8 Å². The number of carbonyl (C=O) groups excluding carboxylic acids is 2. The SMILES string of the molecule is CC(C)=NNC(=O)CNC(=O)c1ccc(Cl)cc1. The Morgan fingerprint density at radius 2 is 1.83 bits per heavy atom. The Labute approximate surface area is 110 Å². The van der Waals surface area contributed by atoms with Crippen LogP contribution in [0.1, 0.15) is 24.2 Å². The van der Waals surface area contributed by atoms with Gasteiger partial charge in [0, 0.05) is 16.3 Å². The number of carbonyl (C=O) groups is 2. The van der Waals surface area contributed by atoms with E-state index < -0.39 is 0 Å². The molecule has 0 aliphatic rings. The lowest BCUT2D eigenvalue weighted by Crippen LogP contribution is -2.35. The Balaban J connectivity index is 2.44. The first-order valence-electron chi connectivity index (χ1n) is 5.32. The molecule has 0 atom stereocenters. The summed E-state index contributed by atoms with van der Waals surface area (Å²) in [7, 11) is 0. The van der Waals surface area contributed by atoms with Crippen LogP contribution in [0.25, 0.3) is 0 Å². The summed E-state index contributed by atoms with van der Waals surface area (Å²) in [6, 6.07) is 6.40. The largest absolute Gasteiger partial charge is 0.343 e. The molecule has 1 rings (SSSR count). The van der Waals surface area contributed by atoms with Crippen molar-refractivity contribution in [2.75, 3.05) is 6.54 Å². The molecular weight excluding hydrogens is 254 g/mol. The first-order valence-corrected chi connectivity index (χ1v) is 5.70. The van der Waals surface area contributed by atoms with Crippen molar-refractivity contribution in [3.05, 3.63) is 34.9 Å². The van der Waals surface area contributed by atoms with Crippen LogP contribution in [0.2, 0.25) is 5.02 Å². The van der Waals surface area contributed by atoms with Crippen molar-refractivity contribution in [3.8, 4) is 0 Å². The maximum Gasteiger partial charge on any atom is 0.259 e. The quantitative estimate of drug-likeness (QED) is 0.642. The Morgan fingerprint density at radius 3 is 2.39 bits per heavy atom. The number of hydrazone groups is 1. The van der Waals surface area contributed by atoms with Gasteiger partial charge in [-0.3, -0.25) is 9.59 Å². The molecule has 0 saturated carbocycles. The lowest BCUT2D eigenvalue weighted by Gasteiger charge is -2.04. The summed E-state index contributed by atoms with van der Waals surface area (Å²) in [5, 5.41) is 6.77. The summed E-state index contributed by atoms with van der Waals surface area (Å²) in [6.07, 6.45) is 0. The third-order valence-electron chi connectivity index (χ3n) is 1.92. The van der Waals surface area contributed by atoms with Gasteiger partial charge in [0.25, 0.3) is 11.8 Å². The molecule has 0 unspecified atom stereocenters. The van der Waals surface area contributed by atoms with Crippen LogP contribution >= 0.6 is 11.6 Å². The van der Waals surface area contributed by atoms with E-state index in [4.69, 9.17) is 11.6 Å². The van der Waals surface area contributed by atoms with Crippen molar-refractivity contribution < 1.29 is 9.59 Å². The molecule has 18 heavy (non-hydrogen) atoms. The zero-order chi connectivity index (χ0) is 13.5. The summed E-state index contributed by atoms with van der Waals surface area (Å²) in [4.78, 5) is 22.9. The van der Waals surface area contributed by atoms with Gasteiger partial charge >= 0.3 is 0 Å². The highest BCUT2D eigenvalue weighted by atomic mass is 35.5. The maximum atomic E-state index is 11.6. The second-order valence-corrected chi connectivity index (χ2v) is 4.22. The lowest BCUT2D eigenvalue weighted by atomic mass is 10.2. The van der Waals surface area contributed by atoms with Gasteiger partial charge in [-0.25, -0.2) is 5.43 Å². The summed E-state index contributed by atoms with van der Waals surface area (Å²) >= 11 is 5.70. The number of rotatable bonds is 4. The zero-order valence-electron chi connectivity index (χ0n) is 10.2. The molecule has 0 radical (unpaired) electrons. The molecule has 0 spiro atoms. The van der Waals surface area contributed by atoms with Crippen LogP contribution in [0.5, 0.6) is 0 Å². The van der Waals surface area contributed by atoms with Crippen molar-refractivity contribution >= 4 is 29.1 Å². The maximum absolute atomic E-state index is 11.6. The monoisotopic (exact) mass is 267 g/mol. The molecule has 0 aliphatic heterocycles. The molecule has 2 amide bonds. The van der Waals surface area contributed by atoms with E-state index in [-0.39, 0.29) is 18.4 Å². The molecule has 6 heteroatoms. The third-order valence-corrected chi connectivity index (χ3v) is 2.17. The van der Waals surface area contributed by atoms with Gasteiger partial charge in [-0.05, 0) is 38.1 Å². The second-order valence-electron chi connectivity index (χ2n) is 3.78. The van der Waals surface area contributed by atoms with Crippen LogP contribution in [0.15, 0.2) is 29.4 Å². The van der Waals surface area contributed by atoms with Crippen LogP contribution in [0, 0.1) is 0 Å². The highest BCUT2D eigenvalue weighted by molar-refractivity contribution is 6.30. The van der Waals surface area contributed by atoms with Crippen molar-refractivity contribution in [3.63, 3.8) is 0 Å². The van der Waals surface area contributed by atoms with Gasteiger partial charge in [-0.15, -0.1) is 0 Å². The molecular formula is C12H14ClN3O2. The smallest absolute Gasteiger partial charge is 0.259 e. The number of nitrogens with zero attached hydrogens (tertiary/aromatic N) is 1. The van der Waals surface area contributed by atoms with Crippen LogP contribution in [-0.2, 0) is 4.79 Å². The van der Waals surface area contributed by atoms with Crippen molar-refractivity contribution in [1.29, 1.82) is 0 Å². The predicted octanol–water partition coefficient (Wildman–Crippen LogP) is 1.58. The van der Waals surface area contributed by atoms with Crippen molar-refractivity contribution in [2.24, 2.45) is 5.10 Å². The van der Waals surface area contributed by atoms with Crippen LogP contribution in [-0.4, -0.2) is 24.1 Å². The fourth-order valence-electron chi connectivity index (χ4n) is 1.08. The molecule has 0 aliphatic carbocycles. The standard InChI is InChI=1S/C12H14ClN3O2/c1-8(2)15-16-11(17)7-14-12(18)9-3-5-10(13)6-4-9/h3-6H,7H2,1-2H3,(H,14,18)(H,16,17). The normalized spacial score (nSPS) is 9.50. The number of amides is 2. The van der Waals surface area contributed by atoms with Crippen molar-refractivity contribution in [1.82, 2.24) is 10.7 Å². The number of hydrogen-bond acceptors (Lipinski definition) is 3. The van der Waals surface area contributed by atoms with Gasteiger partial charge in [-0.2, -0.15) is 5.10 Å². The van der Waals surface area contributed by atoms with E-state index >= 15 is 0 Å². The molecule has 0 fully saturated rings. The van der Waals surface area contributed by atoms with E-state index in [0.29, 0.717) is 10.6 Å². The Kier molecular flexibility index (Phi) is 5.32. The highest BCUT2D eigenvalue weighted by Gasteiger charge is 2.07. The van der Waals surface area contributed by atoms with E-state index in [9.17, 15) is 9.59 Å². The number of benzene rings is 1. The van der Waals surface area contributed by atoms with Gasteiger partial charge in [0.05, 0.1) is 6.54 Å². The van der Waals surface area contributed by atoms with Gasteiger partial charge in [0.15, 0.2) is 0 Å². The van der Waals surface area contributed by atoms with E-state index in [1.165, 1.54) is 0 Å². The Bertz CT molecular complexity index is 465. The third kappa shape index (κ3) is 4.97. The first kappa shape index (κ1) is 14.2. The second kappa shape index (κ2) is 6.76.